The van der Waals surface area contributed by atoms with E-state index in [9.17, 15) is 0 Å². The van der Waals surface area contributed by atoms with Crippen molar-refractivity contribution >= 4 is 22.9 Å². The van der Waals surface area contributed by atoms with Crippen molar-refractivity contribution in [2.45, 2.75) is 19.3 Å². The zero-order chi connectivity index (χ0) is 15.9. The first-order valence-electron chi connectivity index (χ1n) is 8.16. The second kappa shape index (κ2) is 7.93. The lowest BCUT2D eigenvalue weighted by Crippen LogP contribution is -2.37. The van der Waals surface area contributed by atoms with E-state index in [0.717, 1.165) is 37.5 Å². The Morgan fingerprint density at radius 2 is 1.74 bits per heavy atom. The number of hydrogen-bond acceptors (Lipinski definition) is 1. The van der Waals surface area contributed by atoms with Crippen LogP contribution in [0.5, 0.6) is 0 Å². The Bertz CT molecular complexity index is 692. The van der Waals surface area contributed by atoms with E-state index < -0.39 is 0 Å². The van der Waals surface area contributed by atoms with Crippen LogP contribution in [0.15, 0.2) is 60.7 Å². The zero-order valence-corrected chi connectivity index (χ0v) is 14.0. The lowest BCUT2D eigenvalue weighted by molar-refractivity contribution is 0.840. The van der Waals surface area contributed by atoms with E-state index in [0.29, 0.717) is 0 Å². The molecule has 0 spiro atoms. The number of rotatable bonds is 5. The van der Waals surface area contributed by atoms with Gasteiger partial charge in [-0.1, -0.05) is 60.7 Å². The molecule has 3 heteroatoms. The second-order valence-corrected chi connectivity index (χ2v) is 6.18. The van der Waals surface area contributed by atoms with Crippen LogP contribution < -0.4 is 10.6 Å². The highest BCUT2D eigenvalue weighted by Gasteiger charge is 2.11. The molecule has 2 nitrogen and oxygen atoms in total. The van der Waals surface area contributed by atoms with Gasteiger partial charge in [-0.15, -0.1) is 0 Å². The van der Waals surface area contributed by atoms with Crippen LogP contribution in [0.25, 0.3) is 5.57 Å². The van der Waals surface area contributed by atoms with Crippen LogP contribution in [-0.2, 0) is 12.8 Å². The van der Waals surface area contributed by atoms with E-state index in [1.54, 1.807) is 0 Å². The van der Waals surface area contributed by atoms with E-state index in [1.165, 1.54) is 22.3 Å². The number of fused-ring (bicyclic) bond motifs is 1. The van der Waals surface area contributed by atoms with Crippen LogP contribution >= 0.6 is 12.2 Å². The second-order valence-electron chi connectivity index (χ2n) is 5.77. The number of allylic oxidation sites excluding steroid dienone is 1. The third-order valence-electron chi connectivity index (χ3n) is 4.15. The number of aryl methyl sites for hydroxylation is 1. The highest BCUT2D eigenvalue weighted by Crippen LogP contribution is 2.25. The van der Waals surface area contributed by atoms with Gasteiger partial charge in [-0.2, -0.15) is 0 Å². The summed E-state index contributed by atoms with van der Waals surface area (Å²) in [5.41, 5.74) is 5.47. The smallest absolute Gasteiger partial charge is 0.166 e. The number of nitrogens with one attached hydrogen (secondary N) is 2. The molecular weight excluding hydrogens is 300 g/mol. The Balaban J connectivity index is 1.45. The Hall–Kier alpha value is -2.13. The largest absolute Gasteiger partial charge is 0.362 e. The summed E-state index contributed by atoms with van der Waals surface area (Å²) in [6.07, 6.45) is 5.55. The van der Waals surface area contributed by atoms with Gasteiger partial charge in [0.25, 0.3) is 0 Å². The molecule has 0 radical (unpaired) electrons. The molecule has 118 valence electrons. The van der Waals surface area contributed by atoms with E-state index in [4.69, 9.17) is 12.2 Å². The molecule has 0 amide bonds. The topological polar surface area (TPSA) is 24.1 Å². The molecule has 0 heterocycles. The molecule has 0 fully saturated rings. The summed E-state index contributed by atoms with van der Waals surface area (Å²) in [6.45, 7) is 1.64. The fourth-order valence-corrected chi connectivity index (χ4v) is 3.11. The number of thiocarbonyl (C=S) groups is 1. The third kappa shape index (κ3) is 4.42. The number of benzene rings is 2. The first-order chi connectivity index (χ1) is 11.3. The van der Waals surface area contributed by atoms with Crippen LogP contribution in [-0.4, -0.2) is 18.2 Å². The lowest BCUT2D eigenvalue weighted by atomic mass is 9.91. The van der Waals surface area contributed by atoms with Crippen molar-refractivity contribution in [3.63, 3.8) is 0 Å². The van der Waals surface area contributed by atoms with Crippen molar-refractivity contribution in [3.8, 4) is 0 Å². The van der Waals surface area contributed by atoms with Crippen LogP contribution in [0.1, 0.15) is 23.1 Å². The lowest BCUT2D eigenvalue weighted by Gasteiger charge is -2.19. The third-order valence-corrected chi connectivity index (χ3v) is 4.44. The summed E-state index contributed by atoms with van der Waals surface area (Å²) in [5, 5.41) is 7.35. The summed E-state index contributed by atoms with van der Waals surface area (Å²) < 4.78 is 0. The van der Waals surface area contributed by atoms with Gasteiger partial charge in [0.15, 0.2) is 5.11 Å². The molecule has 0 aliphatic heterocycles. The fraction of sp³-hybridized carbons (Fsp3) is 0.250. The van der Waals surface area contributed by atoms with Crippen LogP contribution in [0.2, 0.25) is 0 Å². The van der Waals surface area contributed by atoms with Gasteiger partial charge >= 0.3 is 0 Å². The molecule has 23 heavy (non-hydrogen) atoms. The number of hydrogen-bond donors (Lipinski definition) is 2. The molecule has 2 aromatic rings. The van der Waals surface area contributed by atoms with Gasteiger partial charge in [-0.3, -0.25) is 0 Å². The molecule has 0 aromatic heterocycles. The van der Waals surface area contributed by atoms with E-state index in [2.05, 4.69) is 65.2 Å². The summed E-state index contributed by atoms with van der Waals surface area (Å²) in [6, 6.07) is 19.1. The maximum atomic E-state index is 5.39. The van der Waals surface area contributed by atoms with Crippen molar-refractivity contribution in [1.82, 2.24) is 10.6 Å². The minimum atomic E-state index is 0.727. The average molecular weight is 322 g/mol. The summed E-state index contributed by atoms with van der Waals surface area (Å²) in [7, 11) is 0. The van der Waals surface area contributed by atoms with E-state index in [-0.39, 0.29) is 0 Å². The molecule has 3 rings (SSSR count). The van der Waals surface area contributed by atoms with Crippen molar-refractivity contribution in [3.05, 3.63) is 77.4 Å². The van der Waals surface area contributed by atoms with E-state index in [1.807, 2.05) is 6.07 Å². The van der Waals surface area contributed by atoms with Crippen molar-refractivity contribution in [2.75, 3.05) is 13.1 Å². The average Bonchev–Trinajstić information content (AvgIpc) is 2.61. The molecule has 2 aromatic carbocycles. The molecule has 0 bridgehead atoms. The SMILES string of the molecule is S=C(NCCc1ccccc1)NCC1=CCCc2ccccc21. The molecule has 0 atom stereocenters. The summed E-state index contributed by atoms with van der Waals surface area (Å²) in [5.74, 6) is 0. The van der Waals surface area contributed by atoms with Crippen LogP contribution in [0.3, 0.4) is 0 Å². The van der Waals surface area contributed by atoms with Gasteiger partial charge in [-0.25, -0.2) is 0 Å². The highest BCUT2D eigenvalue weighted by atomic mass is 32.1. The molecular formula is C20H22N2S. The van der Waals surface area contributed by atoms with Crippen LogP contribution in [0, 0.1) is 0 Å². The van der Waals surface area contributed by atoms with Crippen molar-refractivity contribution < 1.29 is 0 Å². The monoisotopic (exact) mass is 322 g/mol. The van der Waals surface area contributed by atoms with E-state index >= 15 is 0 Å². The minimum Gasteiger partial charge on any atom is -0.362 e. The van der Waals surface area contributed by atoms with Crippen molar-refractivity contribution in [2.24, 2.45) is 0 Å². The minimum absolute atomic E-state index is 0.727. The Morgan fingerprint density at radius 1 is 0.957 bits per heavy atom. The summed E-state index contributed by atoms with van der Waals surface area (Å²) >= 11 is 5.39. The Labute approximate surface area is 143 Å². The zero-order valence-electron chi connectivity index (χ0n) is 13.2. The quantitative estimate of drug-likeness (QED) is 0.820. The van der Waals surface area contributed by atoms with Gasteiger partial charge in [0.2, 0.25) is 0 Å². The van der Waals surface area contributed by atoms with Gasteiger partial charge in [-0.05, 0) is 53.7 Å². The highest BCUT2D eigenvalue weighted by molar-refractivity contribution is 7.80. The maximum Gasteiger partial charge on any atom is 0.166 e. The van der Waals surface area contributed by atoms with Gasteiger partial charge < -0.3 is 10.6 Å². The normalized spacial score (nSPS) is 13.0. The molecule has 2 N–H and O–H groups in total. The maximum absolute atomic E-state index is 5.39. The van der Waals surface area contributed by atoms with Gasteiger partial charge in [0.1, 0.15) is 0 Å². The Morgan fingerprint density at radius 3 is 2.61 bits per heavy atom. The standard InChI is InChI=1S/C20H22N2S/c23-20(21-14-13-16-7-2-1-3-8-16)22-15-18-11-6-10-17-9-4-5-12-19(17)18/h1-5,7-9,11-12H,6,10,13-15H2,(H2,21,22,23). The Kier molecular flexibility index (Phi) is 5.43. The van der Waals surface area contributed by atoms with Crippen LogP contribution in [0.4, 0.5) is 0 Å². The molecule has 1 aliphatic carbocycles. The first-order valence-corrected chi connectivity index (χ1v) is 8.57. The fourth-order valence-electron chi connectivity index (χ4n) is 2.93. The first kappa shape index (κ1) is 15.8. The van der Waals surface area contributed by atoms with Gasteiger partial charge in [0.05, 0.1) is 0 Å². The summed E-state index contributed by atoms with van der Waals surface area (Å²) in [4.78, 5) is 0. The molecule has 0 saturated carbocycles. The molecule has 0 unspecified atom stereocenters. The van der Waals surface area contributed by atoms with Gasteiger partial charge in [0, 0.05) is 13.1 Å². The molecule has 0 saturated heterocycles. The predicted molar refractivity (Wildman–Crippen MR) is 101 cm³/mol. The predicted octanol–water partition coefficient (Wildman–Crippen LogP) is 3.72. The van der Waals surface area contributed by atoms with Crippen molar-refractivity contribution in [1.29, 1.82) is 0 Å². The molecule has 1 aliphatic rings.